The molecule has 0 atom stereocenters. The molecule has 3 heterocycles. The zero-order valence-corrected chi connectivity index (χ0v) is 23.0. The Labute approximate surface area is 231 Å². The molecule has 5 rings (SSSR count). The van der Waals surface area contributed by atoms with Crippen LogP contribution in [0.2, 0.25) is 10.0 Å². The van der Waals surface area contributed by atoms with Crippen molar-refractivity contribution in [2.45, 2.75) is 6.42 Å². The average molecular weight is 553 g/mol. The van der Waals surface area contributed by atoms with Crippen molar-refractivity contribution in [2.75, 3.05) is 56.6 Å². The average Bonchev–Trinajstić information content (AvgIpc) is 2.94. The second kappa shape index (κ2) is 11.6. The summed E-state index contributed by atoms with van der Waals surface area (Å²) in [5.74, 6) is 1.42. The van der Waals surface area contributed by atoms with E-state index in [9.17, 15) is 4.79 Å². The van der Waals surface area contributed by atoms with Crippen LogP contribution in [-0.2, 0) is 7.05 Å². The van der Waals surface area contributed by atoms with Gasteiger partial charge in [-0.3, -0.25) is 14.3 Å². The number of piperazine rings is 1. The Balaban J connectivity index is 1.18. The van der Waals surface area contributed by atoms with E-state index in [1.165, 1.54) is 4.57 Å². The van der Waals surface area contributed by atoms with Crippen LogP contribution in [0.25, 0.3) is 22.2 Å². The highest BCUT2D eigenvalue weighted by Crippen LogP contribution is 2.33. The molecule has 1 saturated heterocycles. The molecule has 1 N–H and O–H groups in total. The summed E-state index contributed by atoms with van der Waals surface area (Å²) < 4.78 is 7.03. The van der Waals surface area contributed by atoms with Gasteiger partial charge in [-0.1, -0.05) is 41.4 Å². The Morgan fingerprint density at radius 1 is 1.03 bits per heavy atom. The molecule has 38 heavy (non-hydrogen) atoms. The standard InChI is InChI=1S/C28H30Cl2N6O2/c1-34-26-19(17-20(27(34)37)25-21(29)7-5-8-22(25)30)18-32-28(33-26)31-11-6-12-35-13-15-36(16-14-35)23-9-3-4-10-24(23)38-2/h3-5,7-10,17-18H,6,11-16H2,1-2H3,(H,31,32,33). The smallest absolute Gasteiger partial charge is 0.259 e. The zero-order chi connectivity index (χ0) is 26.6. The number of nitrogens with one attached hydrogen (secondary N) is 1. The van der Waals surface area contributed by atoms with E-state index >= 15 is 0 Å². The van der Waals surface area contributed by atoms with Crippen LogP contribution < -0.4 is 20.5 Å². The van der Waals surface area contributed by atoms with Crippen molar-refractivity contribution < 1.29 is 4.74 Å². The van der Waals surface area contributed by atoms with Crippen molar-refractivity contribution in [3.63, 3.8) is 0 Å². The van der Waals surface area contributed by atoms with Gasteiger partial charge in [0.05, 0.1) is 28.4 Å². The largest absolute Gasteiger partial charge is 0.495 e. The number of ether oxygens (including phenoxy) is 1. The number of fused-ring (bicyclic) bond motifs is 1. The number of benzene rings is 2. The first-order valence-corrected chi connectivity index (χ1v) is 13.4. The lowest BCUT2D eigenvalue weighted by Gasteiger charge is -2.36. The molecule has 0 saturated carbocycles. The Bertz CT molecular complexity index is 1480. The number of para-hydroxylation sites is 2. The van der Waals surface area contributed by atoms with Crippen molar-refractivity contribution in [1.82, 2.24) is 19.4 Å². The molecular formula is C28H30Cl2N6O2. The molecule has 0 bridgehead atoms. The van der Waals surface area contributed by atoms with Gasteiger partial charge in [0.2, 0.25) is 5.95 Å². The van der Waals surface area contributed by atoms with Crippen molar-refractivity contribution in [1.29, 1.82) is 0 Å². The summed E-state index contributed by atoms with van der Waals surface area (Å²) in [6.07, 6.45) is 2.67. The van der Waals surface area contributed by atoms with Gasteiger partial charge in [0.25, 0.3) is 5.56 Å². The molecule has 1 aliphatic rings. The highest BCUT2D eigenvalue weighted by atomic mass is 35.5. The third kappa shape index (κ3) is 5.43. The number of nitrogens with zero attached hydrogens (tertiary/aromatic N) is 5. The molecule has 4 aromatic rings. The van der Waals surface area contributed by atoms with E-state index in [2.05, 4.69) is 37.2 Å². The predicted octanol–water partition coefficient (Wildman–Crippen LogP) is 4.94. The zero-order valence-electron chi connectivity index (χ0n) is 21.5. The fourth-order valence-electron chi connectivity index (χ4n) is 4.87. The molecule has 0 radical (unpaired) electrons. The van der Waals surface area contributed by atoms with Crippen LogP contribution >= 0.6 is 23.2 Å². The van der Waals surface area contributed by atoms with E-state index in [1.807, 2.05) is 12.1 Å². The lowest BCUT2D eigenvalue weighted by molar-refractivity contribution is 0.256. The normalized spacial score (nSPS) is 14.2. The number of methoxy groups -OCH3 is 1. The third-order valence-corrected chi connectivity index (χ3v) is 7.54. The maximum atomic E-state index is 13.1. The number of hydrogen-bond acceptors (Lipinski definition) is 7. The molecule has 1 fully saturated rings. The topological polar surface area (TPSA) is 75.5 Å². The first-order valence-electron chi connectivity index (χ1n) is 12.6. The van der Waals surface area contributed by atoms with E-state index in [0.29, 0.717) is 32.8 Å². The Kier molecular flexibility index (Phi) is 8.02. The number of rotatable bonds is 8. The first-order chi connectivity index (χ1) is 18.5. The van der Waals surface area contributed by atoms with Crippen LogP contribution in [0.15, 0.2) is 59.5 Å². The van der Waals surface area contributed by atoms with Crippen LogP contribution in [-0.4, -0.2) is 65.8 Å². The van der Waals surface area contributed by atoms with Crippen LogP contribution in [0, 0.1) is 0 Å². The Hall–Kier alpha value is -3.33. The highest BCUT2D eigenvalue weighted by molar-refractivity contribution is 6.39. The fourth-order valence-corrected chi connectivity index (χ4v) is 5.47. The van der Waals surface area contributed by atoms with Crippen molar-refractivity contribution >= 4 is 45.9 Å². The molecule has 1 aliphatic heterocycles. The van der Waals surface area contributed by atoms with Crippen LogP contribution in [0.5, 0.6) is 5.75 Å². The number of halogens is 2. The second-order valence-electron chi connectivity index (χ2n) is 9.27. The molecule has 198 valence electrons. The summed E-state index contributed by atoms with van der Waals surface area (Å²) in [6.45, 7) is 5.67. The van der Waals surface area contributed by atoms with Crippen molar-refractivity contribution in [3.8, 4) is 16.9 Å². The third-order valence-electron chi connectivity index (χ3n) is 6.91. The number of pyridine rings is 1. The van der Waals surface area contributed by atoms with Gasteiger partial charge in [0, 0.05) is 56.9 Å². The number of hydrogen-bond donors (Lipinski definition) is 1. The van der Waals surface area contributed by atoms with Crippen molar-refractivity contribution in [3.05, 3.63) is 75.1 Å². The Morgan fingerprint density at radius 3 is 2.50 bits per heavy atom. The number of anilines is 2. The summed E-state index contributed by atoms with van der Waals surface area (Å²) in [4.78, 5) is 27.1. The maximum absolute atomic E-state index is 13.1. The van der Waals surface area contributed by atoms with Gasteiger partial charge in [0.1, 0.15) is 11.4 Å². The fraction of sp³-hybridized carbons (Fsp3) is 0.321. The van der Waals surface area contributed by atoms with Gasteiger partial charge in [-0.2, -0.15) is 4.98 Å². The van der Waals surface area contributed by atoms with Crippen LogP contribution in [0.1, 0.15) is 6.42 Å². The monoisotopic (exact) mass is 552 g/mol. The molecule has 0 aliphatic carbocycles. The van der Waals surface area contributed by atoms with Gasteiger partial charge >= 0.3 is 0 Å². The summed E-state index contributed by atoms with van der Waals surface area (Å²) in [6, 6.07) is 15.1. The lowest BCUT2D eigenvalue weighted by Crippen LogP contribution is -2.47. The second-order valence-corrected chi connectivity index (χ2v) is 10.1. The van der Waals surface area contributed by atoms with Crippen molar-refractivity contribution in [2.24, 2.45) is 7.05 Å². The van der Waals surface area contributed by atoms with E-state index in [-0.39, 0.29) is 5.56 Å². The van der Waals surface area contributed by atoms with Gasteiger partial charge in [-0.15, -0.1) is 0 Å². The predicted molar refractivity (Wildman–Crippen MR) is 155 cm³/mol. The SMILES string of the molecule is COc1ccccc1N1CCN(CCCNc2ncc3cc(-c4c(Cl)cccc4Cl)c(=O)n(C)c3n2)CC1. The summed E-state index contributed by atoms with van der Waals surface area (Å²) in [5, 5.41) is 4.89. The highest BCUT2D eigenvalue weighted by Gasteiger charge is 2.19. The summed E-state index contributed by atoms with van der Waals surface area (Å²) >= 11 is 12.7. The molecule has 2 aromatic heterocycles. The quantitative estimate of drug-likeness (QED) is 0.310. The van der Waals surface area contributed by atoms with Gasteiger partial charge in [-0.25, -0.2) is 4.98 Å². The molecular weight excluding hydrogens is 523 g/mol. The number of aromatic nitrogens is 3. The van der Waals surface area contributed by atoms with E-state index < -0.39 is 0 Å². The summed E-state index contributed by atoms with van der Waals surface area (Å²) in [7, 11) is 3.41. The molecule has 8 nitrogen and oxygen atoms in total. The minimum atomic E-state index is -0.218. The molecule has 0 spiro atoms. The Morgan fingerprint density at radius 2 is 1.76 bits per heavy atom. The summed E-state index contributed by atoms with van der Waals surface area (Å²) in [5.41, 5.74) is 2.42. The molecule has 10 heteroatoms. The number of aryl methyl sites for hydroxylation is 1. The van der Waals surface area contributed by atoms with Crippen LogP contribution in [0.4, 0.5) is 11.6 Å². The minimum absolute atomic E-state index is 0.218. The van der Waals surface area contributed by atoms with E-state index in [4.69, 9.17) is 27.9 Å². The minimum Gasteiger partial charge on any atom is -0.495 e. The molecule has 2 aromatic carbocycles. The van der Waals surface area contributed by atoms with Gasteiger partial charge in [-0.05, 0) is 43.3 Å². The maximum Gasteiger partial charge on any atom is 0.259 e. The van der Waals surface area contributed by atoms with E-state index in [0.717, 1.165) is 62.5 Å². The van der Waals surface area contributed by atoms with Gasteiger partial charge < -0.3 is 15.0 Å². The van der Waals surface area contributed by atoms with Gasteiger partial charge in [0.15, 0.2) is 0 Å². The molecule has 0 amide bonds. The van der Waals surface area contributed by atoms with Crippen LogP contribution in [0.3, 0.4) is 0 Å². The van der Waals surface area contributed by atoms with E-state index in [1.54, 1.807) is 44.6 Å². The first kappa shape index (κ1) is 26.3. The lowest BCUT2D eigenvalue weighted by atomic mass is 10.1. The molecule has 0 unspecified atom stereocenters.